The molecule has 2 aromatic carbocycles. The van der Waals surface area contributed by atoms with Crippen LogP contribution < -0.4 is 20.9 Å². The minimum atomic E-state index is -0.497. The molecule has 2 aromatic rings. The number of hydrogen-bond acceptors (Lipinski definition) is 4. The van der Waals surface area contributed by atoms with Crippen LogP contribution >= 0.6 is 12.2 Å². The molecule has 0 aliphatic rings. The maximum absolute atomic E-state index is 12.8. The van der Waals surface area contributed by atoms with Gasteiger partial charge in [0.2, 0.25) is 5.91 Å². The molecule has 30 heavy (non-hydrogen) atoms. The van der Waals surface area contributed by atoms with Crippen LogP contribution in [0.5, 0.6) is 5.75 Å². The summed E-state index contributed by atoms with van der Waals surface area (Å²) in [7, 11) is 0. The van der Waals surface area contributed by atoms with Crippen molar-refractivity contribution in [1.29, 1.82) is 0 Å². The number of hydrogen-bond donors (Lipinski definition) is 3. The lowest BCUT2D eigenvalue weighted by Gasteiger charge is -2.12. The van der Waals surface area contributed by atoms with Gasteiger partial charge in [-0.15, -0.1) is 0 Å². The fourth-order valence-corrected chi connectivity index (χ4v) is 2.52. The Morgan fingerprint density at radius 3 is 2.40 bits per heavy atom. The molecule has 0 spiro atoms. The Bertz CT molecular complexity index is 899. The molecule has 0 radical (unpaired) electrons. The maximum Gasteiger partial charge on any atom is 0.276 e. The van der Waals surface area contributed by atoms with Gasteiger partial charge < -0.3 is 4.74 Å². The van der Waals surface area contributed by atoms with Gasteiger partial charge in [0, 0.05) is 6.08 Å². The van der Waals surface area contributed by atoms with Gasteiger partial charge in [-0.3, -0.25) is 25.8 Å². The molecule has 0 fully saturated rings. The van der Waals surface area contributed by atoms with Gasteiger partial charge in [0.15, 0.2) is 11.7 Å². The smallest absolute Gasteiger partial charge is 0.276 e. The maximum atomic E-state index is 12.8. The van der Waals surface area contributed by atoms with E-state index < -0.39 is 11.8 Å². The third-order valence-electron chi connectivity index (χ3n) is 4.28. The highest BCUT2D eigenvalue weighted by molar-refractivity contribution is 7.80. The van der Waals surface area contributed by atoms with Crippen LogP contribution in [0.25, 0.3) is 6.08 Å². The molecule has 3 N–H and O–H groups in total. The van der Waals surface area contributed by atoms with Crippen molar-refractivity contribution in [1.82, 2.24) is 16.2 Å². The summed E-state index contributed by atoms with van der Waals surface area (Å²) in [6.07, 6.45) is 3.80. The summed E-state index contributed by atoms with van der Waals surface area (Å²) in [6, 6.07) is 13.2. The molecule has 0 bridgehead atoms. The normalized spacial score (nSPS) is 11.6. The van der Waals surface area contributed by atoms with Crippen LogP contribution in [0.15, 0.2) is 54.6 Å². The van der Waals surface area contributed by atoms with E-state index in [1.165, 1.54) is 42.0 Å². The lowest BCUT2D eigenvalue weighted by Crippen LogP contribution is -2.49. The van der Waals surface area contributed by atoms with E-state index in [1.54, 1.807) is 0 Å². The molecular formula is C22H24FN3O3S. The molecule has 0 aromatic heterocycles. The summed E-state index contributed by atoms with van der Waals surface area (Å²) in [5.74, 6) is -0.264. The zero-order chi connectivity index (χ0) is 21.9. The highest BCUT2D eigenvalue weighted by atomic mass is 32.1. The quantitative estimate of drug-likeness (QED) is 0.357. The molecule has 1 unspecified atom stereocenters. The van der Waals surface area contributed by atoms with E-state index in [2.05, 4.69) is 30.0 Å². The molecule has 0 heterocycles. The molecule has 0 aliphatic carbocycles. The number of hydrazine groups is 1. The van der Waals surface area contributed by atoms with Crippen molar-refractivity contribution in [2.45, 2.75) is 26.2 Å². The predicted molar refractivity (Wildman–Crippen MR) is 118 cm³/mol. The Kier molecular flexibility index (Phi) is 8.96. The molecule has 8 heteroatoms. The Morgan fingerprint density at radius 1 is 1.10 bits per heavy atom. The van der Waals surface area contributed by atoms with Crippen LogP contribution in [0.2, 0.25) is 0 Å². The van der Waals surface area contributed by atoms with E-state index in [0.717, 1.165) is 6.42 Å². The van der Waals surface area contributed by atoms with Crippen molar-refractivity contribution in [3.8, 4) is 5.75 Å². The zero-order valence-corrected chi connectivity index (χ0v) is 17.6. The SMILES string of the molecule is CCC(C)c1ccc(OCC(=O)NNC(=S)NC(=O)C=Cc2ccc(F)cc2)cc1. The number of amides is 2. The summed E-state index contributed by atoms with van der Waals surface area (Å²) in [5, 5.41) is 2.30. The van der Waals surface area contributed by atoms with E-state index in [1.807, 2.05) is 24.3 Å². The van der Waals surface area contributed by atoms with E-state index in [0.29, 0.717) is 17.2 Å². The lowest BCUT2D eigenvalue weighted by molar-refractivity contribution is -0.123. The van der Waals surface area contributed by atoms with Crippen molar-refractivity contribution in [2.75, 3.05) is 6.61 Å². The zero-order valence-electron chi connectivity index (χ0n) is 16.8. The first-order valence-electron chi connectivity index (χ1n) is 9.43. The fraction of sp³-hybridized carbons (Fsp3) is 0.227. The van der Waals surface area contributed by atoms with Gasteiger partial charge in [-0.25, -0.2) is 4.39 Å². The summed E-state index contributed by atoms with van der Waals surface area (Å²) >= 11 is 4.94. The molecule has 158 valence electrons. The Hall–Kier alpha value is -3.26. The summed E-state index contributed by atoms with van der Waals surface area (Å²) in [5.41, 5.74) is 6.64. The lowest BCUT2D eigenvalue weighted by atomic mass is 9.99. The second-order valence-corrected chi connectivity index (χ2v) is 6.95. The van der Waals surface area contributed by atoms with Crippen molar-refractivity contribution < 1.29 is 18.7 Å². The second kappa shape index (κ2) is 11.7. The van der Waals surface area contributed by atoms with Gasteiger partial charge in [-0.05, 0) is 66.0 Å². The van der Waals surface area contributed by atoms with Crippen LogP contribution in [0.1, 0.15) is 37.3 Å². The van der Waals surface area contributed by atoms with Crippen LogP contribution in [-0.2, 0) is 9.59 Å². The molecule has 2 amide bonds. The number of carbonyl (C=O) groups is 2. The summed E-state index contributed by atoms with van der Waals surface area (Å²) in [4.78, 5) is 23.7. The van der Waals surface area contributed by atoms with Crippen molar-refractivity contribution in [3.63, 3.8) is 0 Å². The minimum Gasteiger partial charge on any atom is -0.484 e. The van der Waals surface area contributed by atoms with Gasteiger partial charge in [0.25, 0.3) is 5.91 Å². The van der Waals surface area contributed by atoms with Crippen molar-refractivity contribution in [2.24, 2.45) is 0 Å². The van der Waals surface area contributed by atoms with E-state index in [9.17, 15) is 14.0 Å². The Labute approximate surface area is 180 Å². The minimum absolute atomic E-state index is 0.0741. The number of halogens is 1. The fourth-order valence-electron chi connectivity index (χ4n) is 2.37. The summed E-state index contributed by atoms with van der Waals surface area (Å²) in [6.45, 7) is 4.06. The standard InChI is InChI=1S/C22H24FN3O3S/c1-3-15(2)17-7-11-19(12-8-17)29-14-21(28)25-26-22(30)24-20(27)13-6-16-4-9-18(23)10-5-16/h4-13,15H,3,14H2,1-2H3,(H,25,28)(H2,24,26,27,30). The van der Waals surface area contributed by atoms with Crippen LogP contribution in [0.3, 0.4) is 0 Å². The summed E-state index contributed by atoms with van der Waals surface area (Å²) < 4.78 is 18.3. The first-order chi connectivity index (χ1) is 14.4. The number of thiocarbonyl (C=S) groups is 1. The monoisotopic (exact) mass is 429 g/mol. The number of nitrogens with one attached hydrogen (secondary N) is 3. The van der Waals surface area contributed by atoms with Crippen LogP contribution in [0, 0.1) is 5.82 Å². The Morgan fingerprint density at radius 2 is 1.77 bits per heavy atom. The Balaban J connectivity index is 1.69. The second-order valence-electron chi connectivity index (χ2n) is 6.54. The van der Waals surface area contributed by atoms with Gasteiger partial charge in [-0.1, -0.05) is 38.1 Å². The molecular weight excluding hydrogens is 405 g/mol. The highest BCUT2D eigenvalue weighted by Crippen LogP contribution is 2.21. The van der Waals surface area contributed by atoms with E-state index in [4.69, 9.17) is 17.0 Å². The van der Waals surface area contributed by atoms with E-state index in [-0.39, 0.29) is 17.5 Å². The van der Waals surface area contributed by atoms with Crippen molar-refractivity contribution >= 4 is 35.2 Å². The number of benzene rings is 2. The molecule has 2 rings (SSSR count). The average Bonchev–Trinajstić information content (AvgIpc) is 2.75. The topological polar surface area (TPSA) is 79.5 Å². The predicted octanol–water partition coefficient (Wildman–Crippen LogP) is 3.45. The number of rotatable bonds is 7. The number of ether oxygens (including phenoxy) is 1. The third kappa shape index (κ3) is 8.00. The van der Waals surface area contributed by atoms with E-state index >= 15 is 0 Å². The molecule has 1 atom stereocenters. The molecule has 6 nitrogen and oxygen atoms in total. The third-order valence-corrected chi connectivity index (χ3v) is 4.48. The first-order valence-corrected chi connectivity index (χ1v) is 9.84. The van der Waals surface area contributed by atoms with Gasteiger partial charge >= 0.3 is 0 Å². The largest absolute Gasteiger partial charge is 0.484 e. The molecule has 0 aliphatic heterocycles. The van der Waals surface area contributed by atoms with Gasteiger partial charge in [-0.2, -0.15) is 0 Å². The van der Waals surface area contributed by atoms with Crippen LogP contribution in [0.4, 0.5) is 4.39 Å². The first kappa shape index (κ1) is 23.0. The van der Waals surface area contributed by atoms with Crippen molar-refractivity contribution in [3.05, 3.63) is 71.6 Å². The van der Waals surface area contributed by atoms with Gasteiger partial charge in [0.1, 0.15) is 11.6 Å². The molecule has 0 saturated heterocycles. The van der Waals surface area contributed by atoms with Crippen LogP contribution in [-0.4, -0.2) is 23.5 Å². The van der Waals surface area contributed by atoms with Gasteiger partial charge in [0.05, 0.1) is 0 Å². The highest BCUT2D eigenvalue weighted by Gasteiger charge is 2.06. The molecule has 0 saturated carbocycles. The average molecular weight is 430 g/mol. The number of carbonyl (C=O) groups excluding carboxylic acids is 2.